The van der Waals surface area contributed by atoms with Gasteiger partial charge in [0.1, 0.15) is 11.4 Å². The summed E-state index contributed by atoms with van der Waals surface area (Å²) < 4.78 is 5.55. The van der Waals surface area contributed by atoms with Crippen molar-refractivity contribution in [1.29, 1.82) is 0 Å². The molecule has 2 aromatic carbocycles. The van der Waals surface area contributed by atoms with Crippen LogP contribution in [0.2, 0.25) is 0 Å². The van der Waals surface area contributed by atoms with Crippen molar-refractivity contribution < 1.29 is 9.84 Å². The van der Waals surface area contributed by atoms with Crippen molar-refractivity contribution in [2.45, 2.75) is 32.3 Å². The average molecular weight is 268 g/mol. The van der Waals surface area contributed by atoms with Crippen LogP contribution in [0.5, 0.6) is 5.75 Å². The summed E-state index contributed by atoms with van der Waals surface area (Å²) in [5, 5.41) is 11.2. The Hall–Kier alpha value is -1.80. The van der Waals surface area contributed by atoms with Crippen molar-refractivity contribution in [3.05, 3.63) is 64.7 Å². The minimum Gasteiger partial charge on any atom is -0.494 e. The van der Waals surface area contributed by atoms with E-state index in [4.69, 9.17) is 4.74 Å². The van der Waals surface area contributed by atoms with Gasteiger partial charge >= 0.3 is 0 Å². The molecule has 1 aliphatic carbocycles. The van der Waals surface area contributed by atoms with Gasteiger partial charge in [-0.05, 0) is 55.5 Å². The van der Waals surface area contributed by atoms with Crippen LogP contribution in [0.15, 0.2) is 42.5 Å². The van der Waals surface area contributed by atoms with Gasteiger partial charge in [-0.15, -0.1) is 0 Å². The van der Waals surface area contributed by atoms with Gasteiger partial charge in [-0.3, -0.25) is 0 Å². The molecule has 2 heteroatoms. The van der Waals surface area contributed by atoms with E-state index in [0.717, 1.165) is 29.7 Å². The van der Waals surface area contributed by atoms with Gasteiger partial charge in [0.2, 0.25) is 0 Å². The van der Waals surface area contributed by atoms with Crippen LogP contribution in [0.25, 0.3) is 0 Å². The predicted molar refractivity (Wildman–Crippen MR) is 80.1 cm³/mol. The van der Waals surface area contributed by atoms with Crippen LogP contribution < -0.4 is 4.74 Å². The van der Waals surface area contributed by atoms with E-state index in [2.05, 4.69) is 25.1 Å². The van der Waals surface area contributed by atoms with E-state index < -0.39 is 5.60 Å². The molecule has 1 aliphatic rings. The molecule has 0 fully saturated rings. The van der Waals surface area contributed by atoms with E-state index in [-0.39, 0.29) is 0 Å². The Morgan fingerprint density at radius 3 is 2.85 bits per heavy atom. The van der Waals surface area contributed by atoms with Crippen molar-refractivity contribution in [2.24, 2.45) is 0 Å². The van der Waals surface area contributed by atoms with Crippen molar-refractivity contribution in [1.82, 2.24) is 0 Å². The summed E-state index contributed by atoms with van der Waals surface area (Å²) in [5.41, 5.74) is 3.53. The second-order valence-electron chi connectivity index (χ2n) is 5.48. The number of benzene rings is 2. The highest BCUT2D eigenvalue weighted by atomic mass is 16.5. The molecule has 0 aromatic heterocycles. The van der Waals surface area contributed by atoms with Gasteiger partial charge in [0, 0.05) is 0 Å². The first-order valence-corrected chi connectivity index (χ1v) is 7.19. The SMILES string of the molecule is CCOc1cccc(C2(O)CCc3ccc(C)cc32)c1. The van der Waals surface area contributed by atoms with E-state index in [1.807, 2.05) is 31.2 Å². The van der Waals surface area contributed by atoms with E-state index >= 15 is 0 Å². The van der Waals surface area contributed by atoms with Crippen LogP contribution in [-0.4, -0.2) is 11.7 Å². The molecule has 1 N–H and O–H groups in total. The second-order valence-corrected chi connectivity index (χ2v) is 5.48. The molecular formula is C18H20O2. The Morgan fingerprint density at radius 1 is 1.20 bits per heavy atom. The lowest BCUT2D eigenvalue weighted by Crippen LogP contribution is -2.24. The molecule has 2 nitrogen and oxygen atoms in total. The number of hydrogen-bond donors (Lipinski definition) is 1. The summed E-state index contributed by atoms with van der Waals surface area (Å²) in [6.45, 7) is 4.67. The Bertz CT molecular complexity index is 633. The van der Waals surface area contributed by atoms with E-state index in [9.17, 15) is 5.11 Å². The van der Waals surface area contributed by atoms with Crippen LogP contribution in [0.4, 0.5) is 0 Å². The molecule has 0 aliphatic heterocycles. The summed E-state index contributed by atoms with van der Waals surface area (Å²) in [5.74, 6) is 0.819. The van der Waals surface area contributed by atoms with Crippen LogP contribution in [0, 0.1) is 6.92 Å². The molecule has 0 amide bonds. The molecule has 1 unspecified atom stereocenters. The van der Waals surface area contributed by atoms with Crippen LogP contribution in [-0.2, 0) is 12.0 Å². The zero-order chi connectivity index (χ0) is 14.2. The summed E-state index contributed by atoms with van der Waals surface area (Å²) in [4.78, 5) is 0. The number of ether oxygens (including phenoxy) is 1. The molecule has 1 atom stereocenters. The fourth-order valence-corrected chi connectivity index (χ4v) is 3.05. The van der Waals surface area contributed by atoms with Crippen molar-refractivity contribution in [2.75, 3.05) is 6.61 Å². The molecule has 0 heterocycles. The number of aryl methyl sites for hydroxylation is 2. The van der Waals surface area contributed by atoms with Crippen LogP contribution in [0.1, 0.15) is 35.6 Å². The maximum absolute atomic E-state index is 11.2. The molecule has 0 bridgehead atoms. The quantitative estimate of drug-likeness (QED) is 0.922. The number of hydrogen-bond acceptors (Lipinski definition) is 2. The maximum Gasteiger partial charge on any atom is 0.119 e. The molecular weight excluding hydrogens is 248 g/mol. The van der Waals surface area contributed by atoms with E-state index in [1.165, 1.54) is 11.1 Å². The lowest BCUT2D eigenvalue weighted by atomic mass is 9.87. The molecule has 3 rings (SSSR count). The summed E-state index contributed by atoms with van der Waals surface area (Å²) in [6, 6.07) is 14.2. The smallest absolute Gasteiger partial charge is 0.119 e. The largest absolute Gasteiger partial charge is 0.494 e. The second kappa shape index (κ2) is 4.95. The highest BCUT2D eigenvalue weighted by Crippen LogP contribution is 2.43. The molecule has 20 heavy (non-hydrogen) atoms. The Balaban J connectivity index is 2.06. The number of aliphatic hydroxyl groups is 1. The molecule has 0 saturated carbocycles. The number of rotatable bonds is 3. The molecule has 104 valence electrons. The minimum atomic E-state index is -0.880. The first-order valence-electron chi connectivity index (χ1n) is 7.19. The Labute approximate surface area is 120 Å². The topological polar surface area (TPSA) is 29.5 Å². The summed E-state index contributed by atoms with van der Waals surface area (Å²) in [6.07, 6.45) is 1.66. The van der Waals surface area contributed by atoms with Crippen molar-refractivity contribution in [3.8, 4) is 5.75 Å². The van der Waals surface area contributed by atoms with Crippen molar-refractivity contribution >= 4 is 0 Å². The van der Waals surface area contributed by atoms with Crippen LogP contribution >= 0.6 is 0 Å². The zero-order valence-electron chi connectivity index (χ0n) is 12.0. The van der Waals surface area contributed by atoms with Crippen molar-refractivity contribution in [3.63, 3.8) is 0 Å². The number of fused-ring (bicyclic) bond motifs is 1. The summed E-state index contributed by atoms with van der Waals surface area (Å²) in [7, 11) is 0. The first kappa shape index (κ1) is 13.2. The van der Waals surface area contributed by atoms with Gasteiger partial charge in [-0.1, -0.05) is 35.9 Å². The predicted octanol–water partition coefficient (Wildman–Crippen LogP) is 3.58. The van der Waals surface area contributed by atoms with Gasteiger partial charge in [-0.25, -0.2) is 0 Å². The maximum atomic E-state index is 11.2. The first-order chi connectivity index (χ1) is 9.63. The fraction of sp³-hybridized carbons (Fsp3) is 0.333. The fourth-order valence-electron chi connectivity index (χ4n) is 3.05. The van der Waals surface area contributed by atoms with Gasteiger partial charge in [0.25, 0.3) is 0 Å². The lowest BCUT2D eigenvalue weighted by Gasteiger charge is -2.25. The average Bonchev–Trinajstić information content (AvgIpc) is 2.78. The molecule has 2 aromatic rings. The highest BCUT2D eigenvalue weighted by Gasteiger charge is 2.38. The van der Waals surface area contributed by atoms with E-state index in [1.54, 1.807) is 0 Å². The zero-order valence-corrected chi connectivity index (χ0v) is 12.0. The van der Waals surface area contributed by atoms with Crippen LogP contribution in [0.3, 0.4) is 0 Å². The standard InChI is InChI=1S/C18H20O2/c1-3-20-16-6-4-5-15(12-16)18(19)10-9-14-8-7-13(2)11-17(14)18/h4-8,11-12,19H,3,9-10H2,1-2H3. The summed E-state index contributed by atoms with van der Waals surface area (Å²) >= 11 is 0. The van der Waals surface area contributed by atoms with Gasteiger partial charge in [0.15, 0.2) is 0 Å². The Kier molecular flexibility index (Phi) is 3.27. The molecule has 0 radical (unpaired) electrons. The van der Waals surface area contributed by atoms with Gasteiger partial charge in [0.05, 0.1) is 6.61 Å². The third kappa shape index (κ3) is 2.10. The molecule has 0 spiro atoms. The highest BCUT2D eigenvalue weighted by molar-refractivity contribution is 5.48. The third-order valence-electron chi connectivity index (χ3n) is 4.09. The third-order valence-corrected chi connectivity index (χ3v) is 4.09. The Morgan fingerprint density at radius 2 is 2.05 bits per heavy atom. The van der Waals surface area contributed by atoms with E-state index in [0.29, 0.717) is 6.61 Å². The molecule has 0 saturated heterocycles. The lowest BCUT2D eigenvalue weighted by molar-refractivity contribution is 0.0825. The monoisotopic (exact) mass is 268 g/mol. The minimum absolute atomic E-state index is 0.636. The van der Waals surface area contributed by atoms with Gasteiger partial charge < -0.3 is 9.84 Å². The van der Waals surface area contributed by atoms with Gasteiger partial charge in [-0.2, -0.15) is 0 Å². The normalized spacial score (nSPS) is 20.8.